The lowest BCUT2D eigenvalue weighted by Crippen LogP contribution is -2.28. The van der Waals surface area contributed by atoms with Gasteiger partial charge in [-0.25, -0.2) is 9.37 Å². The lowest BCUT2D eigenvalue weighted by molar-refractivity contribution is 0.0789. The van der Waals surface area contributed by atoms with Gasteiger partial charge in [-0.05, 0) is 48.4 Å². The van der Waals surface area contributed by atoms with E-state index in [2.05, 4.69) is 10.1 Å². The molecular formula is C22H23FN4O3. The van der Waals surface area contributed by atoms with Crippen LogP contribution in [0.4, 0.5) is 4.39 Å². The maximum Gasteiger partial charge on any atom is 0.253 e. The molecule has 0 saturated carbocycles. The van der Waals surface area contributed by atoms with E-state index in [9.17, 15) is 14.3 Å². The number of hydrogen-bond donors (Lipinski definition) is 1. The zero-order valence-electron chi connectivity index (χ0n) is 16.4. The van der Waals surface area contributed by atoms with E-state index in [0.717, 1.165) is 12.0 Å². The topological polar surface area (TPSA) is 80.5 Å². The summed E-state index contributed by atoms with van der Waals surface area (Å²) in [6.07, 6.45) is 3.08. The third kappa shape index (κ3) is 4.83. The molecule has 30 heavy (non-hydrogen) atoms. The molecule has 1 N–H and O–H groups in total. The first-order valence-electron chi connectivity index (χ1n) is 9.86. The van der Waals surface area contributed by atoms with Crippen LogP contribution in [0.1, 0.15) is 28.3 Å². The largest absolute Gasteiger partial charge is 0.491 e. The van der Waals surface area contributed by atoms with Crippen LogP contribution in [-0.4, -0.2) is 56.5 Å². The molecule has 1 fully saturated rings. The molecule has 7 nitrogen and oxygen atoms in total. The van der Waals surface area contributed by atoms with E-state index in [4.69, 9.17) is 4.74 Å². The zero-order valence-corrected chi connectivity index (χ0v) is 16.4. The van der Waals surface area contributed by atoms with Crippen molar-refractivity contribution in [3.63, 3.8) is 0 Å². The molecule has 156 valence electrons. The minimum atomic E-state index is -0.721. The van der Waals surface area contributed by atoms with Crippen LogP contribution in [0, 0.1) is 5.82 Å². The van der Waals surface area contributed by atoms with Crippen LogP contribution < -0.4 is 4.74 Å². The summed E-state index contributed by atoms with van der Waals surface area (Å²) >= 11 is 0. The molecule has 0 bridgehead atoms. The quantitative estimate of drug-likeness (QED) is 0.647. The number of hydrogen-bond acceptors (Lipinski definition) is 5. The van der Waals surface area contributed by atoms with Crippen molar-refractivity contribution < 1.29 is 19.0 Å². The van der Waals surface area contributed by atoms with Gasteiger partial charge < -0.3 is 14.7 Å². The molecule has 1 saturated heterocycles. The van der Waals surface area contributed by atoms with Crippen molar-refractivity contribution in [1.29, 1.82) is 0 Å². The van der Waals surface area contributed by atoms with Gasteiger partial charge in [0.25, 0.3) is 5.91 Å². The molecule has 2 aromatic carbocycles. The number of aliphatic hydroxyl groups excluding tert-OH is 1. The predicted molar refractivity (Wildman–Crippen MR) is 108 cm³/mol. The molecule has 8 heteroatoms. The van der Waals surface area contributed by atoms with Gasteiger partial charge in [0.15, 0.2) is 0 Å². The fourth-order valence-electron chi connectivity index (χ4n) is 3.62. The fraction of sp³-hybridized carbons (Fsp3) is 0.318. The Morgan fingerprint density at radius 3 is 2.67 bits per heavy atom. The molecule has 1 aliphatic rings. The Morgan fingerprint density at radius 1 is 1.20 bits per heavy atom. The standard InChI is InChI=1S/C22H23FN4O3/c23-19-5-1-16(2-6-19)18-9-10-26(11-18)22(29)17-3-7-21(8-4-17)30-13-20(28)12-27-15-24-14-25-27/h1-8,14-15,18,20,28H,9-13H2. The Kier molecular flexibility index (Phi) is 6.04. The Labute approximate surface area is 173 Å². The number of halogens is 1. The molecular weight excluding hydrogens is 387 g/mol. The SMILES string of the molecule is O=C(c1ccc(OCC(O)Cn2cncn2)cc1)N1CCC(c2ccc(F)cc2)C1. The number of carbonyl (C=O) groups is 1. The van der Waals surface area contributed by atoms with Gasteiger partial charge in [0, 0.05) is 24.6 Å². The minimum Gasteiger partial charge on any atom is -0.491 e. The summed E-state index contributed by atoms with van der Waals surface area (Å²) in [5.74, 6) is 0.522. The molecule has 1 aliphatic heterocycles. The molecule has 0 spiro atoms. The second kappa shape index (κ2) is 9.04. The third-order valence-electron chi connectivity index (χ3n) is 5.22. The highest BCUT2D eigenvalue weighted by Crippen LogP contribution is 2.28. The molecule has 2 atom stereocenters. The van der Waals surface area contributed by atoms with Crippen LogP contribution in [0.3, 0.4) is 0 Å². The average molecular weight is 410 g/mol. The summed E-state index contributed by atoms with van der Waals surface area (Å²) in [5.41, 5.74) is 1.64. The van der Waals surface area contributed by atoms with Crippen LogP contribution in [0.15, 0.2) is 61.2 Å². The van der Waals surface area contributed by atoms with Gasteiger partial charge >= 0.3 is 0 Å². The monoisotopic (exact) mass is 410 g/mol. The van der Waals surface area contributed by atoms with Crippen LogP contribution in [0.25, 0.3) is 0 Å². The van der Waals surface area contributed by atoms with Gasteiger partial charge in [0.2, 0.25) is 0 Å². The average Bonchev–Trinajstić information content (AvgIpc) is 3.45. The second-order valence-electron chi connectivity index (χ2n) is 7.40. The predicted octanol–water partition coefficient (Wildman–Crippen LogP) is 2.49. The summed E-state index contributed by atoms with van der Waals surface area (Å²) in [6.45, 7) is 1.70. The number of likely N-dealkylation sites (tertiary alicyclic amines) is 1. The van der Waals surface area contributed by atoms with Crippen LogP contribution in [-0.2, 0) is 6.54 Å². The molecule has 3 aromatic rings. The third-order valence-corrected chi connectivity index (χ3v) is 5.22. The highest BCUT2D eigenvalue weighted by Gasteiger charge is 2.28. The second-order valence-corrected chi connectivity index (χ2v) is 7.40. The highest BCUT2D eigenvalue weighted by atomic mass is 19.1. The van der Waals surface area contributed by atoms with Crippen molar-refractivity contribution in [2.24, 2.45) is 0 Å². The van der Waals surface area contributed by atoms with E-state index in [0.29, 0.717) is 30.9 Å². The molecule has 0 aliphatic carbocycles. The maximum absolute atomic E-state index is 13.1. The van der Waals surface area contributed by atoms with Crippen molar-refractivity contribution in [2.45, 2.75) is 25.0 Å². The minimum absolute atomic E-state index is 0.0302. The number of benzene rings is 2. The fourth-order valence-corrected chi connectivity index (χ4v) is 3.62. The van der Waals surface area contributed by atoms with E-state index in [1.165, 1.54) is 29.5 Å². The van der Waals surface area contributed by atoms with Crippen molar-refractivity contribution in [2.75, 3.05) is 19.7 Å². The molecule has 2 heterocycles. The number of carbonyl (C=O) groups excluding carboxylic acids is 1. The van der Waals surface area contributed by atoms with Crippen molar-refractivity contribution >= 4 is 5.91 Å². The van der Waals surface area contributed by atoms with Gasteiger partial charge in [-0.3, -0.25) is 9.48 Å². The summed E-state index contributed by atoms with van der Waals surface area (Å²) in [4.78, 5) is 18.5. The number of aromatic nitrogens is 3. The summed E-state index contributed by atoms with van der Waals surface area (Å²) in [6, 6.07) is 13.4. The Balaban J connectivity index is 1.29. The molecule has 2 unspecified atom stereocenters. The Bertz CT molecular complexity index is 961. The van der Waals surface area contributed by atoms with Gasteiger partial charge in [-0.15, -0.1) is 0 Å². The number of rotatable bonds is 7. The van der Waals surface area contributed by atoms with E-state index in [1.807, 2.05) is 4.90 Å². The van der Waals surface area contributed by atoms with Crippen LogP contribution in [0.2, 0.25) is 0 Å². The van der Waals surface area contributed by atoms with E-state index in [1.54, 1.807) is 36.4 Å². The summed E-state index contributed by atoms with van der Waals surface area (Å²) < 4.78 is 20.2. The van der Waals surface area contributed by atoms with Crippen LogP contribution >= 0.6 is 0 Å². The summed E-state index contributed by atoms with van der Waals surface area (Å²) in [5, 5.41) is 13.9. The number of nitrogens with zero attached hydrogens (tertiary/aromatic N) is 4. The number of ether oxygens (including phenoxy) is 1. The first-order valence-corrected chi connectivity index (χ1v) is 9.86. The van der Waals surface area contributed by atoms with E-state index >= 15 is 0 Å². The number of aliphatic hydroxyl groups is 1. The maximum atomic E-state index is 13.1. The molecule has 1 aromatic heterocycles. The molecule has 4 rings (SSSR count). The summed E-state index contributed by atoms with van der Waals surface area (Å²) in [7, 11) is 0. The normalized spacial score (nSPS) is 17.1. The lowest BCUT2D eigenvalue weighted by atomic mass is 9.99. The smallest absolute Gasteiger partial charge is 0.253 e. The first kappa shape index (κ1) is 20.0. The van der Waals surface area contributed by atoms with Crippen molar-refractivity contribution in [1.82, 2.24) is 19.7 Å². The van der Waals surface area contributed by atoms with Crippen molar-refractivity contribution in [3.05, 3.63) is 78.1 Å². The van der Waals surface area contributed by atoms with Gasteiger partial charge in [-0.2, -0.15) is 5.10 Å². The zero-order chi connectivity index (χ0) is 20.9. The van der Waals surface area contributed by atoms with E-state index < -0.39 is 6.10 Å². The Morgan fingerprint density at radius 2 is 1.97 bits per heavy atom. The lowest BCUT2D eigenvalue weighted by Gasteiger charge is -2.17. The van der Waals surface area contributed by atoms with Crippen molar-refractivity contribution in [3.8, 4) is 5.75 Å². The van der Waals surface area contributed by atoms with Crippen LogP contribution in [0.5, 0.6) is 5.75 Å². The van der Waals surface area contributed by atoms with Gasteiger partial charge in [0.05, 0.1) is 6.54 Å². The Hall–Kier alpha value is -3.26. The molecule has 1 amide bonds. The highest BCUT2D eigenvalue weighted by molar-refractivity contribution is 5.94. The molecule has 0 radical (unpaired) electrons. The van der Waals surface area contributed by atoms with E-state index in [-0.39, 0.29) is 24.2 Å². The first-order chi connectivity index (χ1) is 14.6. The van der Waals surface area contributed by atoms with Gasteiger partial charge in [0.1, 0.15) is 36.9 Å². The van der Waals surface area contributed by atoms with Gasteiger partial charge in [-0.1, -0.05) is 12.1 Å². The number of amides is 1.